The molecule has 2 heterocycles. The molecule has 5 aromatic rings. The van der Waals surface area contributed by atoms with Gasteiger partial charge in [0.25, 0.3) is 0 Å². The maximum Gasteiger partial charge on any atom is 0.101 e. The van der Waals surface area contributed by atoms with Gasteiger partial charge in [-0.1, -0.05) is 76.2 Å². The van der Waals surface area contributed by atoms with Crippen LogP contribution in [0.1, 0.15) is 72.2 Å². The summed E-state index contributed by atoms with van der Waals surface area (Å²) in [7, 11) is 0. The number of anilines is 6. The smallest absolute Gasteiger partial charge is 0.101 e. The van der Waals surface area contributed by atoms with Gasteiger partial charge in [-0.05, 0) is 70.8 Å². The van der Waals surface area contributed by atoms with Crippen LogP contribution in [0.25, 0.3) is 0 Å². The standard InChI is InChI=1S/C40H28N6/c1-39(2)29-15-5-7-17-33(29)45(37-25(21-41)11-9-12-26(37)22-42)35-20-32-36(19-31(35)39)46(34-18-8-6-16-30(34)40(32,3)4)38-27(23-43)13-10-14-28(38)24-44/h5-20H,1-4H3. The van der Waals surface area contributed by atoms with Crippen LogP contribution in [-0.4, -0.2) is 0 Å². The van der Waals surface area contributed by atoms with Crippen LogP contribution >= 0.6 is 0 Å². The molecule has 0 saturated heterocycles. The van der Waals surface area contributed by atoms with Crippen LogP contribution in [0.5, 0.6) is 0 Å². The van der Waals surface area contributed by atoms with E-state index in [9.17, 15) is 21.0 Å². The second kappa shape index (κ2) is 10.1. The summed E-state index contributed by atoms with van der Waals surface area (Å²) in [6.07, 6.45) is 0. The first kappa shape index (κ1) is 28.4. The first-order chi connectivity index (χ1) is 22.2. The highest BCUT2D eigenvalue weighted by Crippen LogP contribution is 2.59. The number of hydrogen-bond donors (Lipinski definition) is 0. The van der Waals surface area contributed by atoms with Crippen LogP contribution in [0.2, 0.25) is 0 Å². The minimum atomic E-state index is -0.481. The van der Waals surface area contributed by atoms with E-state index in [2.05, 4.69) is 86.0 Å². The molecule has 6 heteroatoms. The number of para-hydroxylation sites is 4. The number of fused-ring (bicyclic) bond motifs is 4. The van der Waals surface area contributed by atoms with Gasteiger partial charge in [-0.2, -0.15) is 21.0 Å². The molecule has 0 spiro atoms. The van der Waals surface area contributed by atoms with Crippen molar-refractivity contribution in [3.8, 4) is 24.3 Å². The van der Waals surface area contributed by atoms with Crippen molar-refractivity contribution in [2.24, 2.45) is 0 Å². The van der Waals surface area contributed by atoms with Crippen LogP contribution in [0, 0.1) is 45.3 Å². The van der Waals surface area contributed by atoms with Gasteiger partial charge in [0.15, 0.2) is 0 Å². The van der Waals surface area contributed by atoms with E-state index in [0.717, 1.165) is 45.0 Å². The van der Waals surface area contributed by atoms with E-state index in [1.54, 1.807) is 36.4 Å². The molecule has 0 saturated carbocycles. The molecule has 0 N–H and O–H groups in total. The Balaban J connectivity index is 1.64. The van der Waals surface area contributed by atoms with Gasteiger partial charge in [0, 0.05) is 10.8 Å². The number of nitriles is 4. The molecular weight excluding hydrogens is 564 g/mol. The molecule has 2 aliphatic rings. The van der Waals surface area contributed by atoms with E-state index in [1.165, 1.54) is 0 Å². The van der Waals surface area contributed by atoms with E-state index >= 15 is 0 Å². The van der Waals surface area contributed by atoms with Crippen LogP contribution in [0.15, 0.2) is 97.1 Å². The minimum absolute atomic E-state index is 0.407. The third-order valence-electron chi connectivity index (χ3n) is 9.58. The van der Waals surface area contributed by atoms with Gasteiger partial charge in [0.1, 0.15) is 24.3 Å². The largest absolute Gasteiger partial charge is 0.307 e. The Labute approximate surface area is 268 Å². The molecule has 7 rings (SSSR count). The molecule has 0 unspecified atom stereocenters. The van der Waals surface area contributed by atoms with Crippen molar-refractivity contribution in [1.29, 1.82) is 21.0 Å². The Bertz CT molecular complexity index is 2060. The van der Waals surface area contributed by atoms with Crippen molar-refractivity contribution in [2.75, 3.05) is 9.80 Å². The first-order valence-electron chi connectivity index (χ1n) is 15.0. The SMILES string of the molecule is CC1(C)c2ccccc2N(c2c(C#N)cccc2C#N)c2cc3c(cc21)N(c1c(C#N)cccc1C#N)c1ccccc1C3(C)C. The first-order valence-corrected chi connectivity index (χ1v) is 15.0. The van der Waals surface area contributed by atoms with Gasteiger partial charge in [-0.3, -0.25) is 0 Å². The van der Waals surface area contributed by atoms with Crippen LogP contribution in [0.4, 0.5) is 34.1 Å². The Kier molecular flexibility index (Phi) is 6.25. The molecule has 218 valence electrons. The monoisotopic (exact) mass is 592 g/mol. The summed E-state index contributed by atoms with van der Waals surface area (Å²) in [5.74, 6) is 0. The third-order valence-corrected chi connectivity index (χ3v) is 9.58. The minimum Gasteiger partial charge on any atom is -0.307 e. The second-order valence-electron chi connectivity index (χ2n) is 12.7. The molecule has 0 radical (unpaired) electrons. The summed E-state index contributed by atoms with van der Waals surface area (Å²) in [4.78, 5) is 4.14. The predicted octanol–water partition coefficient (Wildman–Crippen LogP) is 9.39. The van der Waals surface area contributed by atoms with Gasteiger partial charge < -0.3 is 9.80 Å². The summed E-state index contributed by atoms with van der Waals surface area (Å²) < 4.78 is 0. The second-order valence-corrected chi connectivity index (χ2v) is 12.7. The maximum absolute atomic E-state index is 10.3. The van der Waals surface area contributed by atoms with Gasteiger partial charge in [-0.15, -0.1) is 0 Å². The van der Waals surface area contributed by atoms with Gasteiger partial charge >= 0.3 is 0 Å². The van der Waals surface area contributed by atoms with Gasteiger partial charge in [0.05, 0.1) is 56.4 Å². The fourth-order valence-corrected chi connectivity index (χ4v) is 7.30. The lowest BCUT2D eigenvalue weighted by Gasteiger charge is -2.47. The molecule has 0 aliphatic carbocycles. The zero-order chi connectivity index (χ0) is 32.4. The zero-order valence-corrected chi connectivity index (χ0v) is 25.9. The summed E-state index contributed by atoms with van der Waals surface area (Å²) in [6, 6.07) is 40.5. The molecule has 0 aromatic heterocycles. The molecule has 0 atom stereocenters. The van der Waals surface area contributed by atoms with Crippen molar-refractivity contribution < 1.29 is 0 Å². The fraction of sp³-hybridized carbons (Fsp3) is 0.150. The molecule has 6 nitrogen and oxygen atoms in total. The molecule has 0 fully saturated rings. The number of hydrogen-bond acceptors (Lipinski definition) is 6. The molecule has 0 bridgehead atoms. The average molecular weight is 593 g/mol. The Morgan fingerprint density at radius 3 is 1.07 bits per heavy atom. The van der Waals surface area contributed by atoms with Crippen molar-refractivity contribution >= 4 is 34.1 Å². The van der Waals surface area contributed by atoms with E-state index in [0.29, 0.717) is 33.6 Å². The summed E-state index contributed by atoms with van der Waals surface area (Å²) in [6.45, 7) is 8.75. The maximum atomic E-state index is 10.3. The highest BCUT2D eigenvalue weighted by atomic mass is 15.2. The van der Waals surface area contributed by atoms with E-state index in [1.807, 2.05) is 36.4 Å². The zero-order valence-electron chi connectivity index (χ0n) is 25.9. The summed E-state index contributed by atoms with van der Waals surface area (Å²) >= 11 is 0. The molecule has 5 aromatic carbocycles. The van der Waals surface area contributed by atoms with Crippen molar-refractivity contribution in [3.05, 3.63) is 142 Å². The van der Waals surface area contributed by atoms with Gasteiger partial charge in [-0.25, -0.2) is 0 Å². The topological polar surface area (TPSA) is 102 Å². The lowest BCUT2D eigenvalue weighted by Crippen LogP contribution is -2.35. The van der Waals surface area contributed by atoms with Crippen molar-refractivity contribution in [1.82, 2.24) is 0 Å². The molecule has 0 amide bonds. The Morgan fingerprint density at radius 1 is 0.413 bits per heavy atom. The number of rotatable bonds is 2. The van der Waals surface area contributed by atoms with Crippen LogP contribution in [-0.2, 0) is 10.8 Å². The highest BCUT2D eigenvalue weighted by Gasteiger charge is 2.44. The summed E-state index contributed by atoms with van der Waals surface area (Å²) in [5.41, 5.74) is 9.43. The highest BCUT2D eigenvalue weighted by molar-refractivity contribution is 5.96. The normalized spacial score (nSPS) is 14.7. The van der Waals surface area contributed by atoms with E-state index in [4.69, 9.17) is 0 Å². The summed E-state index contributed by atoms with van der Waals surface area (Å²) in [5, 5.41) is 41.1. The lowest BCUT2D eigenvalue weighted by molar-refractivity contribution is 0.615. The third kappa shape index (κ3) is 3.78. The number of benzene rings is 5. The van der Waals surface area contributed by atoms with E-state index < -0.39 is 10.8 Å². The predicted molar refractivity (Wildman–Crippen MR) is 179 cm³/mol. The Morgan fingerprint density at radius 2 is 0.739 bits per heavy atom. The number of nitrogens with zero attached hydrogens (tertiary/aromatic N) is 6. The molecule has 46 heavy (non-hydrogen) atoms. The fourth-order valence-electron chi connectivity index (χ4n) is 7.30. The van der Waals surface area contributed by atoms with Crippen molar-refractivity contribution in [3.63, 3.8) is 0 Å². The van der Waals surface area contributed by atoms with Crippen LogP contribution in [0.3, 0.4) is 0 Å². The van der Waals surface area contributed by atoms with Crippen LogP contribution < -0.4 is 9.80 Å². The quantitative estimate of drug-likeness (QED) is 0.202. The molecular formula is C40H28N6. The van der Waals surface area contributed by atoms with Crippen molar-refractivity contribution in [2.45, 2.75) is 38.5 Å². The van der Waals surface area contributed by atoms with Gasteiger partial charge in [0.2, 0.25) is 0 Å². The molecule has 2 aliphatic heterocycles. The van der Waals surface area contributed by atoms with E-state index in [-0.39, 0.29) is 0 Å². The average Bonchev–Trinajstić information content (AvgIpc) is 3.08. The lowest BCUT2D eigenvalue weighted by atomic mass is 9.68. The Hall–Kier alpha value is -6.34.